The second-order valence-corrected chi connectivity index (χ2v) is 8.02. The summed E-state index contributed by atoms with van der Waals surface area (Å²) in [5.41, 5.74) is -1.67. The number of ether oxygens (including phenoxy) is 1. The highest BCUT2D eigenvalue weighted by atomic mass is 19.4. The second-order valence-electron chi connectivity index (χ2n) is 8.02. The lowest BCUT2D eigenvalue weighted by Crippen LogP contribution is -2.43. The Morgan fingerprint density at radius 3 is 2.56 bits per heavy atom. The molecule has 1 atom stereocenters. The second kappa shape index (κ2) is 9.14. The molecule has 3 heterocycles. The van der Waals surface area contributed by atoms with Crippen LogP contribution in [0.1, 0.15) is 30.0 Å². The predicted octanol–water partition coefficient (Wildman–Crippen LogP) is 3.72. The van der Waals surface area contributed by atoms with E-state index in [1.54, 1.807) is 4.90 Å². The molecule has 32 heavy (non-hydrogen) atoms. The molecule has 2 saturated heterocycles. The average Bonchev–Trinajstić information content (AvgIpc) is 2.78. The van der Waals surface area contributed by atoms with Gasteiger partial charge in [-0.1, -0.05) is 12.1 Å². The number of halogens is 5. The first-order chi connectivity index (χ1) is 15.3. The summed E-state index contributed by atoms with van der Waals surface area (Å²) in [6.45, 7) is 1.80. The first-order valence-electron chi connectivity index (χ1n) is 10.4. The largest absolute Gasteiger partial charge is 0.416 e. The van der Waals surface area contributed by atoms with Gasteiger partial charge in [-0.15, -0.1) is 0 Å². The number of aromatic nitrogens is 2. The Bertz CT molecular complexity index is 918. The predicted molar refractivity (Wildman–Crippen MR) is 109 cm³/mol. The third-order valence-electron chi connectivity index (χ3n) is 5.87. The van der Waals surface area contributed by atoms with Gasteiger partial charge >= 0.3 is 6.18 Å². The van der Waals surface area contributed by atoms with E-state index in [4.69, 9.17) is 4.74 Å². The van der Waals surface area contributed by atoms with E-state index in [9.17, 15) is 17.6 Å². The maximum atomic E-state index is 15.3. The van der Waals surface area contributed by atoms with Crippen molar-refractivity contribution in [2.45, 2.75) is 30.7 Å². The summed E-state index contributed by atoms with van der Waals surface area (Å²) in [6.07, 6.45) is -2.62. The van der Waals surface area contributed by atoms with E-state index in [0.29, 0.717) is 38.1 Å². The lowest BCUT2D eigenvalue weighted by Gasteiger charge is -2.37. The van der Waals surface area contributed by atoms with Crippen molar-refractivity contribution in [1.82, 2.24) is 15.3 Å². The summed E-state index contributed by atoms with van der Waals surface area (Å²) in [5, 5.41) is 5.85. The van der Waals surface area contributed by atoms with Crippen LogP contribution < -0.4 is 15.5 Å². The zero-order chi connectivity index (χ0) is 22.8. The number of nitrogens with one attached hydrogen (secondary N) is 2. The van der Waals surface area contributed by atoms with Gasteiger partial charge in [-0.2, -0.15) is 17.6 Å². The maximum absolute atomic E-state index is 15.3. The van der Waals surface area contributed by atoms with Crippen LogP contribution >= 0.6 is 0 Å². The zero-order valence-electron chi connectivity index (χ0n) is 17.3. The molecule has 2 aliphatic rings. The van der Waals surface area contributed by atoms with Crippen LogP contribution in [-0.2, 0) is 10.9 Å². The minimum atomic E-state index is -4.44. The van der Waals surface area contributed by atoms with Gasteiger partial charge in [0, 0.05) is 6.54 Å². The summed E-state index contributed by atoms with van der Waals surface area (Å²) in [5.74, 6) is -0.846. The third-order valence-corrected chi connectivity index (χ3v) is 5.87. The SMILES string of the molecule is Fc1c(NCC2(F)CCNCC2)ncnc1N1CCOC[C@@H]1c1ccc(C(F)(F)F)cc1. The van der Waals surface area contributed by atoms with Gasteiger partial charge in [-0.05, 0) is 43.6 Å². The lowest BCUT2D eigenvalue weighted by atomic mass is 9.94. The smallest absolute Gasteiger partial charge is 0.377 e. The average molecular weight is 457 g/mol. The summed E-state index contributed by atoms with van der Waals surface area (Å²) in [7, 11) is 0. The normalized spacial score (nSPS) is 21.4. The number of nitrogens with zero attached hydrogens (tertiary/aromatic N) is 3. The number of piperidine rings is 1. The highest BCUT2D eigenvalue weighted by Crippen LogP contribution is 2.34. The summed E-state index contributed by atoms with van der Waals surface area (Å²) < 4.78 is 74.3. The van der Waals surface area contributed by atoms with E-state index in [1.807, 2.05) is 0 Å². The first kappa shape index (κ1) is 22.7. The first-order valence-corrected chi connectivity index (χ1v) is 10.4. The monoisotopic (exact) mass is 457 g/mol. The van der Waals surface area contributed by atoms with E-state index in [1.165, 1.54) is 18.5 Å². The van der Waals surface area contributed by atoms with Crippen LogP contribution in [0.3, 0.4) is 0 Å². The number of alkyl halides is 4. The highest BCUT2D eigenvalue weighted by molar-refractivity contribution is 5.53. The molecule has 1 aromatic carbocycles. The van der Waals surface area contributed by atoms with E-state index in [0.717, 1.165) is 12.1 Å². The number of rotatable bonds is 5. The number of hydrogen-bond donors (Lipinski definition) is 2. The van der Waals surface area contributed by atoms with Gasteiger partial charge in [-0.3, -0.25) is 0 Å². The van der Waals surface area contributed by atoms with Crippen molar-refractivity contribution in [2.24, 2.45) is 0 Å². The fourth-order valence-electron chi connectivity index (χ4n) is 4.01. The molecule has 2 aromatic rings. The van der Waals surface area contributed by atoms with Crippen LogP contribution in [0.25, 0.3) is 0 Å². The van der Waals surface area contributed by atoms with Crippen LogP contribution in [0.15, 0.2) is 30.6 Å². The summed E-state index contributed by atoms with van der Waals surface area (Å²) in [6, 6.07) is 4.17. The Labute approximate surface area is 182 Å². The van der Waals surface area contributed by atoms with Crippen molar-refractivity contribution in [3.63, 3.8) is 0 Å². The third kappa shape index (κ3) is 4.93. The van der Waals surface area contributed by atoms with Crippen molar-refractivity contribution in [3.05, 3.63) is 47.5 Å². The minimum Gasteiger partial charge on any atom is -0.377 e. The van der Waals surface area contributed by atoms with Gasteiger partial charge in [0.05, 0.1) is 31.4 Å². The molecule has 1 aromatic heterocycles. The molecule has 0 radical (unpaired) electrons. The number of benzene rings is 1. The molecular formula is C21H24F5N5O. The molecule has 4 rings (SSSR count). The van der Waals surface area contributed by atoms with Crippen molar-refractivity contribution < 1.29 is 26.7 Å². The molecule has 2 aliphatic heterocycles. The van der Waals surface area contributed by atoms with Crippen molar-refractivity contribution in [2.75, 3.05) is 49.6 Å². The van der Waals surface area contributed by atoms with Gasteiger partial charge in [0.25, 0.3) is 0 Å². The van der Waals surface area contributed by atoms with Crippen molar-refractivity contribution >= 4 is 11.6 Å². The van der Waals surface area contributed by atoms with E-state index < -0.39 is 29.3 Å². The summed E-state index contributed by atoms with van der Waals surface area (Å²) >= 11 is 0. The Kier molecular flexibility index (Phi) is 6.47. The topological polar surface area (TPSA) is 62.3 Å². The molecule has 0 spiro atoms. The fraction of sp³-hybridized carbons (Fsp3) is 0.524. The van der Waals surface area contributed by atoms with Crippen LogP contribution in [-0.4, -0.2) is 55.0 Å². The van der Waals surface area contributed by atoms with E-state index >= 15 is 4.39 Å². The highest BCUT2D eigenvalue weighted by Gasteiger charge is 2.34. The zero-order valence-corrected chi connectivity index (χ0v) is 17.3. The molecule has 11 heteroatoms. The lowest BCUT2D eigenvalue weighted by molar-refractivity contribution is -0.137. The standard InChI is InChI=1S/C21H24F5N5O/c22-17-18(28-12-20(23)5-7-27-8-6-20)29-13-30-19(17)31-9-10-32-11-16(31)14-1-3-15(4-2-14)21(24,25)26/h1-4,13,16,27H,5-12H2,(H,28,29,30)/t16-/m1/s1. The number of morpholine rings is 1. The van der Waals surface area contributed by atoms with Gasteiger partial charge < -0.3 is 20.3 Å². The minimum absolute atomic E-state index is 0.00563. The quantitative estimate of drug-likeness (QED) is 0.668. The Hall–Kier alpha value is -2.53. The van der Waals surface area contributed by atoms with E-state index in [2.05, 4.69) is 20.6 Å². The molecule has 0 bridgehead atoms. The maximum Gasteiger partial charge on any atom is 0.416 e. The molecule has 0 aliphatic carbocycles. The van der Waals surface area contributed by atoms with Crippen LogP contribution in [0.2, 0.25) is 0 Å². The summed E-state index contributed by atoms with van der Waals surface area (Å²) in [4.78, 5) is 9.63. The number of anilines is 2. The van der Waals surface area contributed by atoms with Crippen LogP contribution in [0.4, 0.5) is 33.6 Å². The van der Waals surface area contributed by atoms with Gasteiger partial charge in [0.2, 0.25) is 5.82 Å². The molecule has 2 N–H and O–H groups in total. The molecular weight excluding hydrogens is 433 g/mol. The van der Waals surface area contributed by atoms with Crippen LogP contribution in [0, 0.1) is 5.82 Å². The van der Waals surface area contributed by atoms with Gasteiger partial charge in [0.1, 0.15) is 12.0 Å². The number of hydrogen-bond acceptors (Lipinski definition) is 6. The fourth-order valence-corrected chi connectivity index (χ4v) is 4.01. The van der Waals surface area contributed by atoms with E-state index in [-0.39, 0.29) is 31.3 Å². The van der Waals surface area contributed by atoms with Gasteiger partial charge in [0.15, 0.2) is 11.6 Å². The van der Waals surface area contributed by atoms with Crippen LogP contribution in [0.5, 0.6) is 0 Å². The van der Waals surface area contributed by atoms with Crippen molar-refractivity contribution in [3.8, 4) is 0 Å². The Balaban J connectivity index is 1.55. The molecule has 174 valence electrons. The Morgan fingerprint density at radius 1 is 1.16 bits per heavy atom. The molecule has 0 amide bonds. The molecule has 6 nitrogen and oxygen atoms in total. The molecule has 2 fully saturated rings. The van der Waals surface area contributed by atoms with Gasteiger partial charge in [-0.25, -0.2) is 14.4 Å². The van der Waals surface area contributed by atoms with Crippen molar-refractivity contribution in [1.29, 1.82) is 0 Å². The molecule has 0 saturated carbocycles. The Morgan fingerprint density at radius 2 is 1.88 bits per heavy atom. The molecule has 0 unspecified atom stereocenters.